The Morgan fingerprint density at radius 2 is 2.07 bits per heavy atom. The molecule has 1 amide bonds. The first-order valence-electron chi connectivity index (χ1n) is 8.67. The summed E-state index contributed by atoms with van der Waals surface area (Å²) in [6.45, 7) is 0.471. The molecule has 0 saturated heterocycles. The maximum absolute atomic E-state index is 13.3. The van der Waals surface area contributed by atoms with E-state index < -0.39 is 6.17 Å². The van der Waals surface area contributed by atoms with E-state index in [-0.39, 0.29) is 12.5 Å². The molecular formula is C20H20N4O3. The first-order valence-corrected chi connectivity index (χ1v) is 8.67. The van der Waals surface area contributed by atoms with Gasteiger partial charge in [-0.2, -0.15) is 0 Å². The molecule has 1 aromatic heterocycles. The third-order valence-electron chi connectivity index (χ3n) is 4.55. The van der Waals surface area contributed by atoms with Gasteiger partial charge in [0.1, 0.15) is 11.4 Å². The minimum absolute atomic E-state index is 0.0231. The number of aromatic nitrogens is 2. The quantitative estimate of drug-likeness (QED) is 0.728. The lowest BCUT2D eigenvalue weighted by atomic mass is 10.1. The number of fused-ring (bicyclic) bond motifs is 1. The molecule has 0 bridgehead atoms. The van der Waals surface area contributed by atoms with Gasteiger partial charge in [0.05, 0.1) is 31.3 Å². The molecule has 138 valence electrons. The van der Waals surface area contributed by atoms with Gasteiger partial charge >= 0.3 is 0 Å². The van der Waals surface area contributed by atoms with Crippen molar-refractivity contribution in [2.24, 2.45) is 0 Å². The molecule has 4 rings (SSSR count). The Hall–Kier alpha value is -3.32. The number of hydrogen-bond donors (Lipinski definition) is 2. The van der Waals surface area contributed by atoms with Crippen molar-refractivity contribution in [1.82, 2.24) is 9.55 Å². The van der Waals surface area contributed by atoms with Crippen molar-refractivity contribution in [3.8, 4) is 5.75 Å². The zero-order valence-corrected chi connectivity index (χ0v) is 14.9. The molecule has 3 aromatic rings. The van der Waals surface area contributed by atoms with Crippen molar-refractivity contribution < 1.29 is 14.6 Å². The van der Waals surface area contributed by atoms with E-state index in [1.54, 1.807) is 29.0 Å². The van der Waals surface area contributed by atoms with E-state index >= 15 is 0 Å². The molecule has 2 heterocycles. The lowest BCUT2D eigenvalue weighted by molar-refractivity contribution is 0.0974. The van der Waals surface area contributed by atoms with Gasteiger partial charge in [-0.3, -0.25) is 9.69 Å². The number of para-hydroxylation sites is 1. The van der Waals surface area contributed by atoms with Crippen LogP contribution in [-0.2, 0) is 6.54 Å². The van der Waals surface area contributed by atoms with E-state index in [9.17, 15) is 4.79 Å². The van der Waals surface area contributed by atoms with Gasteiger partial charge in [0.25, 0.3) is 5.91 Å². The Morgan fingerprint density at radius 3 is 2.89 bits per heavy atom. The van der Waals surface area contributed by atoms with Crippen LogP contribution in [0.15, 0.2) is 61.1 Å². The van der Waals surface area contributed by atoms with Gasteiger partial charge in [-0.05, 0) is 24.3 Å². The fourth-order valence-electron chi connectivity index (χ4n) is 3.24. The number of imidazole rings is 1. The minimum atomic E-state index is -0.473. The number of hydrogen-bond acceptors (Lipinski definition) is 5. The number of ether oxygens (including phenoxy) is 1. The second-order valence-corrected chi connectivity index (χ2v) is 6.23. The van der Waals surface area contributed by atoms with E-state index in [4.69, 9.17) is 9.84 Å². The third-order valence-corrected chi connectivity index (χ3v) is 4.55. The van der Waals surface area contributed by atoms with Gasteiger partial charge in [-0.25, -0.2) is 4.98 Å². The summed E-state index contributed by atoms with van der Waals surface area (Å²) < 4.78 is 7.12. The topological polar surface area (TPSA) is 79.6 Å². The van der Waals surface area contributed by atoms with Crippen LogP contribution in [0, 0.1) is 0 Å². The first-order chi connectivity index (χ1) is 13.2. The summed E-state index contributed by atoms with van der Waals surface area (Å²) in [7, 11) is 1.60. The van der Waals surface area contributed by atoms with Gasteiger partial charge in [-0.1, -0.05) is 18.2 Å². The highest BCUT2D eigenvalue weighted by Crippen LogP contribution is 2.37. The van der Waals surface area contributed by atoms with Crippen LogP contribution in [0.2, 0.25) is 0 Å². The van der Waals surface area contributed by atoms with Crippen molar-refractivity contribution in [3.05, 3.63) is 72.3 Å². The highest BCUT2D eigenvalue weighted by molar-refractivity contribution is 6.12. The summed E-state index contributed by atoms with van der Waals surface area (Å²) in [6.07, 6.45) is 3.02. The predicted octanol–water partition coefficient (Wildman–Crippen LogP) is 2.66. The molecule has 2 aromatic carbocycles. The average Bonchev–Trinajstić information content (AvgIpc) is 3.17. The summed E-state index contributed by atoms with van der Waals surface area (Å²) in [4.78, 5) is 19.4. The van der Waals surface area contributed by atoms with Gasteiger partial charge in [0.2, 0.25) is 0 Å². The van der Waals surface area contributed by atoms with Crippen LogP contribution in [0.1, 0.15) is 22.2 Å². The summed E-state index contributed by atoms with van der Waals surface area (Å²) in [6, 6.07) is 14.8. The lowest BCUT2D eigenvalue weighted by Gasteiger charge is -2.37. The van der Waals surface area contributed by atoms with Gasteiger partial charge < -0.3 is 19.7 Å². The monoisotopic (exact) mass is 364 g/mol. The second kappa shape index (κ2) is 7.13. The average molecular weight is 364 g/mol. The molecule has 1 aliphatic rings. The molecule has 7 nitrogen and oxygen atoms in total. The smallest absolute Gasteiger partial charge is 0.262 e. The Kier molecular flexibility index (Phi) is 4.52. The Bertz CT molecular complexity index is 969. The SMILES string of the molecule is COc1cccc(N2C(=O)c3ccccc3NC2c2cn(CCO)cn2)c1. The standard InChI is InChI=1S/C20H20N4O3/c1-27-15-6-4-5-14(11-15)24-19(18-12-23(9-10-25)13-21-18)22-17-8-3-2-7-16(17)20(24)26/h2-8,11-13,19,22,25H,9-10H2,1H3. The molecule has 0 spiro atoms. The third kappa shape index (κ3) is 3.13. The molecule has 27 heavy (non-hydrogen) atoms. The van der Waals surface area contributed by atoms with E-state index in [2.05, 4.69) is 10.3 Å². The van der Waals surface area contributed by atoms with Crippen molar-refractivity contribution in [3.63, 3.8) is 0 Å². The fraction of sp³-hybridized carbons (Fsp3) is 0.200. The van der Waals surface area contributed by atoms with Crippen molar-refractivity contribution in [1.29, 1.82) is 0 Å². The van der Waals surface area contributed by atoms with E-state index in [1.807, 2.05) is 48.7 Å². The number of nitrogens with zero attached hydrogens (tertiary/aromatic N) is 3. The number of rotatable bonds is 5. The zero-order chi connectivity index (χ0) is 18.8. The van der Waals surface area contributed by atoms with Crippen LogP contribution in [0.4, 0.5) is 11.4 Å². The molecule has 2 N–H and O–H groups in total. The number of benzene rings is 2. The fourth-order valence-corrected chi connectivity index (χ4v) is 3.24. The van der Waals surface area contributed by atoms with E-state index in [0.29, 0.717) is 29.2 Å². The van der Waals surface area contributed by atoms with Crippen LogP contribution in [0.3, 0.4) is 0 Å². The molecule has 0 fully saturated rings. The molecular weight excluding hydrogens is 344 g/mol. The maximum atomic E-state index is 13.3. The Balaban J connectivity index is 1.81. The number of nitrogens with one attached hydrogen (secondary N) is 1. The number of methoxy groups -OCH3 is 1. The van der Waals surface area contributed by atoms with Gasteiger partial charge in [0.15, 0.2) is 6.17 Å². The number of aliphatic hydroxyl groups is 1. The predicted molar refractivity (Wildman–Crippen MR) is 102 cm³/mol. The van der Waals surface area contributed by atoms with Crippen LogP contribution >= 0.6 is 0 Å². The minimum Gasteiger partial charge on any atom is -0.497 e. The van der Waals surface area contributed by atoms with Crippen LogP contribution in [0.5, 0.6) is 5.75 Å². The Labute approximate surface area is 156 Å². The van der Waals surface area contributed by atoms with E-state index in [0.717, 1.165) is 5.69 Å². The number of carbonyl (C=O) groups excluding carboxylic acids is 1. The first kappa shape index (κ1) is 17.1. The molecule has 7 heteroatoms. The summed E-state index contributed by atoms with van der Waals surface area (Å²) in [5, 5.41) is 12.6. The lowest BCUT2D eigenvalue weighted by Crippen LogP contribution is -2.43. The van der Waals surface area contributed by atoms with Crippen LogP contribution < -0.4 is 15.0 Å². The molecule has 0 saturated carbocycles. The molecule has 0 aliphatic carbocycles. The van der Waals surface area contributed by atoms with Crippen LogP contribution in [-0.4, -0.2) is 34.3 Å². The second-order valence-electron chi connectivity index (χ2n) is 6.23. The van der Waals surface area contributed by atoms with Crippen molar-refractivity contribution in [2.45, 2.75) is 12.7 Å². The van der Waals surface area contributed by atoms with E-state index in [1.165, 1.54) is 0 Å². The molecule has 1 atom stereocenters. The largest absolute Gasteiger partial charge is 0.497 e. The highest BCUT2D eigenvalue weighted by Gasteiger charge is 2.35. The maximum Gasteiger partial charge on any atom is 0.262 e. The summed E-state index contributed by atoms with van der Waals surface area (Å²) in [5.74, 6) is 0.558. The molecule has 0 radical (unpaired) electrons. The van der Waals surface area contributed by atoms with Gasteiger partial charge in [0, 0.05) is 24.5 Å². The Morgan fingerprint density at radius 1 is 1.22 bits per heavy atom. The highest BCUT2D eigenvalue weighted by atomic mass is 16.5. The summed E-state index contributed by atoms with van der Waals surface area (Å²) in [5.41, 5.74) is 2.77. The number of carbonyl (C=O) groups is 1. The number of anilines is 2. The van der Waals surface area contributed by atoms with Crippen LogP contribution in [0.25, 0.3) is 0 Å². The molecule has 1 unspecified atom stereocenters. The normalized spacial score (nSPS) is 16.0. The number of aliphatic hydroxyl groups excluding tert-OH is 1. The molecule has 1 aliphatic heterocycles. The number of amides is 1. The summed E-state index contributed by atoms with van der Waals surface area (Å²) >= 11 is 0. The zero-order valence-electron chi connectivity index (χ0n) is 14.9. The van der Waals surface area contributed by atoms with Crippen molar-refractivity contribution in [2.75, 3.05) is 23.9 Å². The van der Waals surface area contributed by atoms with Crippen molar-refractivity contribution >= 4 is 17.3 Å². The van der Waals surface area contributed by atoms with Gasteiger partial charge in [-0.15, -0.1) is 0 Å².